The fraction of sp³-hybridized carbons (Fsp3) is 0.600. The van der Waals surface area contributed by atoms with E-state index in [0.29, 0.717) is 6.04 Å². The summed E-state index contributed by atoms with van der Waals surface area (Å²) in [6.45, 7) is 1.61. The minimum Gasteiger partial charge on any atom is -0.493 e. The molecule has 0 saturated carbocycles. The highest BCUT2D eigenvalue weighted by atomic mass is 35.5. The number of rotatable bonds is 3. The van der Waals surface area contributed by atoms with Crippen LogP contribution in [-0.4, -0.2) is 40.3 Å². The zero-order chi connectivity index (χ0) is 14.1. The fourth-order valence-corrected chi connectivity index (χ4v) is 4.62. The molecule has 5 heteroatoms. The Morgan fingerprint density at radius 1 is 1.40 bits per heavy atom. The predicted molar refractivity (Wildman–Crippen MR) is 83.0 cm³/mol. The molecule has 110 valence electrons. The molecule has 3 nitrogen and oxygen atoms in total. The van der Waals surface area contributed by atoms with Crippen molar-refractivity contribution in [2.45, 2.75) is 31.8 Å². The van der Waals surface area contributed by atoms with Gasteiger partial charge in [-0.2, -0.15) is 0 Å². The van der Waals surface area contributed by atoms with E-state index in [2.05, 4.69) is 11.9 Å². The smallest absolute Gasteiger partial charge is 0.127 e. The van der Waals surface area contributed by atoms with E-state index in [9.17, 15) is 4.21 Å². The Balaban J connectivity index is 1.73. The van der Waals surface area contributed by atoms with Gasteiger partial charge in [0.25, 0.3) is 0 Å². The van der Waals surface area contributed by atoms with Crippen LogP contribution in [0.4, 0.5) is 0 Å². The van der Waals surface area contributed by atoms with Gasteiger partial charge >= 0.3 is 0 Å². The van der Waals surface area contributed by atoms with Crippen LogP contribution in [0.15, 0.2) is 12.1 Å². The molecule has 0 N–H and O–H groups in total. The first-order valence-corrected chi connectivity index (χ1v) is 8.99. The molecule has 2 aliphatic heterocycles. The van der Waals surface area contributed by atoms with Crippen LogP contribution in [0.25, 0.3) is 0 Å². The molecule has 0 amide bonds. The van der Waals surface area contributed by atoms with Crippen LogP contribution in [0, 0.1) is 0 Å². The van der Waals surface area contributed by atoms with E-state index < -0.39 is 10.8 Å². The molecule has 2 heterocycles. The summed E-state index contributed by atoms with van der Waals surface area (Å²) in [6, 6.07) is 4.55. The first kappa shape index (κ1) is 14.4. The normalized spacial score (nSPS) is 25.6. The van der Waals surface area contributed by atoms with E-state index in [0.717, 1.165) is 54.7 Å². The molecule has 1 fully saturated rings. The van der Waals surface area contributed by atoms with E-state index in [1.54, 1.807) is 0 Å². The van der Waals surface area contributed by atoms with E-state index in [1.807, 2.05) is 12.1 Å². The minimum absolute atomic E-state index is 0.517. The van der Waals surface area contributed by atoms with Gasteiger partial charge < -0.3 is 4.74 Å². The van der Waals surface area contributed by atoms with E-state index in [-0.39, 0.29) is 0 Å². The lowest BCUT2D eigenvalue weighted by atomic mass is 10.1. The molecule has 1 saturated heterocycles. The van der Waals surface area contributed by atoms with Crippen LogP contribution in [-0.2, 0) is 23.8 Å². The molecular weight excluding hydrogens is 294 g/mol. The Morgan fingerprint density at radius 2 is 2.15 bits per heavy atom. The molecule has 0 spiro atoms. The van der Waals surface area contributed by atoms with Gasteiger partial charge in [-0.05, 0) is 37.6 Å². The van der Waals surface area contributed by atoms with Crippen molar-refractivity contribution in [2.75, 3.05) is 25.2 Å². The topological polar surface area (TPSA) is 29.5 Å². The Kier molecular flexibility index (Phi) is 4.34. The monoisotopic (exact) mass is 313 g/mol. The van der Waals surface area contributed by atoms with Gasteiger partial charge in [-0.15, -0.1) is 0 Å². The van der Waals surface area contributed by atoms with Crippen molar-refractivity contribution in [3.8, 4) is 5.75 Å². The van der Waals surface area contributed by atoms with Gasteiger partial charge in [-0.3, -0.25) is 9.11 Å². The molecule has 0 radical (unpaired) electrons. The molecule has 2 aliphatic rings. The highest BCUT2D eigenvalue weighted by Gasteiger charge is 2.24. The Labute approximate surface area is 127 Å². The maximum atomic E-state index is 11.4. The molecular formula is C15H20ClNO2S. The lowest BCUT2D eigenvalue weighted by Gasteiger charge is -2.31. The largest absolute Gasteiger partial charge is 0.493 e. The standard InChI is InChI=1S/C15H20ClNO2S/c1-17(14-3-6-20(18)7-4-14)10-12-9-13(16)8-11-2-5-19-15(11)12/h8-9,14H,2-7,10H2,1H3. The average molecular weight is 314 g/mol. The fourth-order valence-electron chi connectivity index (χ4n) is 3.08. The van der Waals surface area contributed by atoms with Crippen LogP contribution < -0.4 is 4.74 Å². The molecule has 0 aromatic heterocycles. The third-order valence-corrected chi connectivity index (χ3v) is 5.83. The summed E-state index contributed by atoms with van der Waals surface area (Å²) in [7, 11) is 1.54. The van der Waals surface area contributed by atoms with Gasteiger partial charge in [-0.1, -0.05) is 11.6 Å². The lowest BCUT2D eigenvalue weighted by Crippen LogP contribution is -2.37. The number of hydrogen-bond donors (Lipinski definition) is 0. The Hall–Kier alpha value is -0.580. The van der Waals surface area contributed by atoms with Gasteiger partial charge in [0.1, 0.15) is 5.75 Å². The summed E-state index contributed by atoms with van der Waals surface area (Å²) in [6.07, 6.45) is 2.99. The summed E-state index contributed by atoms with van der Waals surface area (Å²) in [5.41, 5.74) is 2.41. The summed E-state index contributed by atoms with van der Waals surface area (Å²) in [5, 5.41) is 0.794. The molecule has 0 atom stereocenters. The average Bonchev–Trinajstić information content (AvgIpc) is 2.87. The van der Waals surface area contributed by atoms with Crippen LogP contribution in [0.2, 0.25) is 5.02 Å². The summed E-state index contributed by atoms with van der Waals surface area (Å²) in [5.74, 6) is 2.69. The quantitative estimate of drug-likeness (QED) is 0.859. The molecule has 3 rings (SSSR count). The zero-order valence-electron chi connectivity index (χ0n) is 11.7. The minimum atomic E-state index is -0.600. The van der Waals surface area contributed by atoms with Crippen molar-refractivity contribution in [2.24, 2.45) is 0 Å². The van der Waals surface area contributed by atoms with E-state index in [4.69, 9.17) is 16.3 Å². The van der Waals surface area contributed by atoms with E-state index >= 15 is 0 Å². The van der Waals surface area contributed by atoms with Crippen molar-refractivity contribution in [3.05, 3.63) is 28.3 Å². The van der Waals surface area contributed by atoms with Gasteiger partial charge in [0.2, 0.25) is 0 Å². The Morgan fingerprint density at radius 3 is 2.90 bits per heavy atom. The molecule has 0 unspecified atom stereocenters. The highest BCUT2D eigenvalue weighted by molar-refractivity contribution is 7.85. The predicted octanol–water partition coefficient (Wildman–Crippen LogP) is 2.62. The number of ether oxygens (including phenoxy) is 1. The number of nitrogens with zero attached hydrogens (tertiary/aromatic N) is 1. The lowest BCUT2D eigenvalue weighted by molar-refractivity contribution is 0.217. The van der Waals surface area contributed by atoms with Crippen molar-refractivity contribution in [1.82, 2.24) is 4.90 Å². The summed E-state index contributed by atoms with van der Waals surface area (Å²) >= 11 is 6.20. The van der Waals surface area contributed by atoms with Gasteiger partial charge in [0, 0.05) is 51.9 Å². The van der Waals surface area contributed by atoms with Crippen molar-refractivity contribution < 1.29 is 8.95 Å². The van der Waals surface area contributed by atoms with Crippen LogP contribution >= 0.6 is 11.6 Å². The number of fused-ring (bicyclic) bond motifs is 1. The maximum absolute atomic E-state index is 11.4. The molecule has 20 heavy (non-hydrogen) atoms. The first-order chi connectivity index (χ1) is 9.63. The van der Waals surface area contributed by atoms with Crippen molar-refractivity contribution >= 4 is 22.4 Å². The second-order valence-corrected chi connectivity index (χ2v) is 7.78. The maximum Gasteiger partial charge on any atom is 0.127 e. The molecule has 0 aliphatic carbocycles. The molecule has 1 aromatic rings. The zero-order valence-corrected chi connectivity index (χ0v) is 13.3. The highest BCUT2D eigenvalue weighted by Crippen LogP contribution is 2.34. The number of hydrogen-bond acceptors (Lipinski definition) is 3. The summed E-state index contributed by atoms with van der Waals surface area (Å²) < 4.78 is 17.2. The summed E-state index contributed by atoms with van der Waals surface area (Å²) in [4.78, 5) is 2.35. The van der Waals surface area contributed by atoms with Crippen molar-refractivity contribution in [1.29, 1.82) is 0 Å². The van der Waals surface area contributed by atoms with Gasteiger partial charge in [0.05, 0.1) is 6.61 Å². The molecule has 1 aromatic carbocycles. The van der Waals surface area contributed by atoms with Crippen molar-refractivity contribution in [3.63, 3.8) is 0 Å². The second kappa shape index (κ2) is 6.04. The number of benzene rings is 1. The Bertz CT molecular complexity index is 525. The van der Waals surface area contributed by atoms with E-state index in [1.165, 1.54) is 11.1 Å². The first-order valence-electron chi connectivity index (χ1n) is 7.13. The third kappa shape index (κ3) is 3.02. The van der Waals surface area contributed by atoms with Crippen LogP contribution in [0.5, 0.6) is 5.75 Å². The molecule has 0 bridgehead atoms. The van der Waals surface area contributed by atoms with Gasteiger partial charge in [-0.25, -0.2) is 0 Å². The second-order valence-electron chi connectivity index (χ2n) is 5.65. The number of halogens is 1. The SMILES string of the molecule is CN(Cc1cc(Cl)cc2c1OCC2)C1CCS(=O)CC1. The van der Waals surface area contributed by atoms with Gasteiger partial charge in [0.15, 0.2) is 0 Å². The third-order valence-electron chi connectivity index (χ3n) is 4.23. The van der Waals surface area contributed by atoms with Crippen LogP contribution in [0.1, 0.15) is 24.0 Å². The van der Waals surface area contributed by atoms with Crippen LogP contribution in [0.3, 0.4) is 0 Å².